The van der Waals surface area contributed by atoms with Gasteiger partial charge < -0.3 is 5.32 Å². The third-order valence-electron chi connectivity index (χ3n) is 3.12. The number of amides is 1. The molecule has 0 saturated heterocycles. The standard InChI is InChI=1S/C15H12BrN3O/c1-9-8-10(16)6-7-12(9)17-15(20)14-11-4-2-3-5-13(11)18-19-14/h2-8H,1H3,(H,17,20)(H,18,19). The van der Waals surface area contributed by atoms with Crippen LogP contribution in [-0.2, 0) is 0 Å². The number of carbonyl (C=O) groups is 1. The Hall–Kier alpha value is -2.14. The van der Waals surface area contributed by atoms with Crippen molar-refractivity contribution in [3.05, 3.63) is 58.2 Å². The highest BCUT2D eigenvalue weighted by Gasteiger charge is 2.14. The van der Waals surface area contributed by atoms with Crippen LogP contribution in [0.1, 0.15) is 16.1 Å². The van der Waals surface area contributed by atoms with Crippen molar-refractivity contribution in [2.75, 3.05) is 5.32 Å². The summed E-state index contributed by atoms with van der Waals surface area (Å²) >= 11 is 3.40. The van der Waals surface area contributed by atoms with E-state index in [-0.39, 0.29) is 5.91 Å². The number of benzene rings is 2. The molecule has 100 valence electrons. The van der Waals surface area contributed by atoms with E-state index in [9.17, 15) is 4.79 Å². The Morgan fingerprint density at radius 1 is 1.25 bits per heavy atom. The van der Waals surface area contributed by atoms with Crippen molar-refractivity contribution >= 4 is 38.4 Å². The molecule has 20 heavy (non-hydrogen) atoms. The smallest absolute Gasteiger partial charge is 0.276 e. The molecular weight excluding hydrogens is 318 g/mol. The zero-order valence-electron chi connectivity index (χ0n) is 10.8. The number of carbonyl (C=O) groups excluding carboxylic acids is 1. The van der Waals surface area contributed by atoms with E-state index in [4.69, 9.17) is 0 Å². The first-order valence-corrected chi connectivity index (χ1v) is 6.95. The second kappa shape index (κ2) is 5.09. The normalized spacial score (nSPS) is 10.7. The van der Waals surface area contributed by atoms with E-state index in [1.54, 1.807) is 0 Å². The summed E-state index contributed by atoms with van der Waals surface area (Å²) in [5.74, 6) is -0.215. The first-order chi connectivity index (χ1) is 9.65. The van der Waals surface area contributed by atoms with E-state index in [1.807, 2.05) is 49.4 Å². The van der Waals surface area contributed by atoms with Crippen molar-refractivity contribution in [3.8, 4) is 0 Å². The van der Waals surface area contributed by atoms with Crippen LogP contribution in [0.15, 0.2) is 46.9 Å². The number of nitrogens with one attached hydrogen (secondary N) is 2. The number of nitrogens with zero attached hydrogens (tertiary/aromatic N) is 1. The molecule has 1 aromatic heterocycles. The van der Waals surface area contributed by atoms with Crippen LogP contribution in [0.4, 0.5) is 5.69 Å². The second-order valence-electron chi connectivity index (χ2n) is 4.53. The minimum Gasteiger partial charge on any atom is -0.320 e. The van der Waals surface area contributed by atoms with Crippen molar-refractivity contribution in [1.29, 1.82) is 0 Å². The number of anilines is 1. The molecule has 0 aliphatic carbocycles. The predicted molar refractivity (Wildman–Crippen MR) is 82.9 cm³/mol. The summed E-state index contributed by atoms with van der Waals surface area (Å²) in [5.41, 5.74) is 3.03. The summed E-state index contributed by atoms with van der Waals surface area (Å²) in [6, 6.07) is 13.3. The summed E-state index contributed by atoms with van der Waals surface area (Å²) < 4.78 is 0.984. The Balaban J connectivity index is 1.93. The molecule has 0 aliphatic heterocycles. The molecule has 0 atom stereocenters. The summed E-state index contributed by atoms with van der Waals surface area (Å²) in [5, 5.41) is 10.7. The van der Waals surface area contributed by atoms with Gasteiger partial charge in [-0.1, -0.05) is 34.1 Å². The zero-order valence-corrected chi connectivity index (χ0v) is 12.4. The fourth-order valence-corrected chi connectivity index (χ4v) is 2.56. The summed E-state index contributed by atoms with van der Waals surface area (Å²) in [7, 11) is 0. The largest absolute Gasteiger partial charge is 0.320 e. The van der Waals surface area contributed by atoms with Crippen LogP contribution in [0.25, 0.3) is 10.9 Å². The summed E-state index contributed by atoms with van der Waals surface area (Å²) in [6.45, 7) is 1.95. The molecule has 3 aromatic rings. The number of hydrogen-bond donors (Lipinski definition) is 2. The first-order valence-electron chi connectivity index (χ1n) is 6.16. The van der Waals surface area contributed by atoms with Crippen LogP contribution in [0, 0.1) is 6.92 Å². The van der Waals surface area contributed by atoms with Gasteiger partial charge in [-0.05, 0) is 36.8 Å². The lowest BCUT2D eigenvalue weighted by Crippen LogP contribution is -2.13. The highest BCUT2D eigenvalue weighted by atomic mass is 79.9. The van der Waals surface area contributed by atoms with Gasteiger partial charge in [-0.15, -0.1) is 0 Å². The Bertz CT molecular complexity index is 795. The number of aryl methyl sites for hydroxylation is 1. The van der Waals surface area contributed by atoms with E-state index < -0.39 is 0 Å². The average molecular weight is 330 g/mol. The van der Waals surface area contributed by atoms with Gasteiger partial charge >= 0.3 is 0 Å². The molecule has 2 N–H and O–H groups in total. The van der Waals surface area contributed by atoms with E-state index in [1.165, 1.54) is 0 Å². The predicted octanol–water partition coefficient (Wildman–Crippen LogP) is 3.89. The molecule has 5 heteroatoms. The van der Waals surface area contributed by atoms with Crippen LogP contribution in [-0.4, -0.2) is 16.1 Å². The molecule has 0 radical (unpaired) electrons. The molecule has 0 bridgehead atoms. The zero-order chi connectivity index (χ0) is 14.1. The fourth-order valence-electron chi connectivity index (χ4n) is 2.09. The van der Waals surface area contributed by atoms with Crippen molar-refractivity contribution in [3.63, 3.8) is 0 Å². The number of hydrogen-bond acceptors (Lipinski definition) is 2. The third-order valence-corrected chi connectivity index (χ3v) is 3.62. The van der Waals surface area contributed by atoms with Crippen molar-refractivity contribution in [2.24, 2.45) is 0 Å². The van der Waals surface area contributed by atoms with Gasteiger partial charge in [0.25, 0.3) is 5.91 Å². The van der Waals surface area contributed by atoms with E-state index >= 15 is 0 Å². The van der Waals surface area contributed by atoms with E-state index in [2.05, 4.69) is 31.4 Å². The highest BCUT2D eigenvalue weighted by Crippen LogP contribution is 2.22. The molecule has 0 spiro atoms. The Labute approximate surface area is 124 Å². The molecule has 3 rings (SSSR count). The van der Waals surface area contributed by atoms with Gasteiger partial charge in [0, 0.05) is 15.5 Å². The van der Waals surface area contributed by atoms with Crippen LogP contribution in [0.5, 0.6) is 0 Å². The number of para-hydroxylation sites is 1. The molecule has 2 aromatic carbocycles. The second-order valence-corrected chi connectivity index (χ2v) is 5.45. The van der Waals surface area contributed by atoms with Gasteiger partial charge in [-0.2, -0.15) is 5.10 Å². The van der Waals surface area contributed by atoms with Gasteiger partial charge in [0.2, 0.25) is 0 Å². The van der Waals surface area contributed by atoms with Gasteiger partial charge in [0.15, 0.2) is 5.69 Å². The first kappa shape index (κ1) is 12.9. The van der Waals surface area contributed by atoms with E-state index in [0.29, 0.717) is 5.69 Å². The number of rotatable bonds is 2. The van der Waals surface area contributed by atoms with E-state index in [0.717, 1.165) is 26.6 Å². The number of halogens is 1. The lowest BCUT2D eigenvalue weighted by Gasteiger charge is -2.07. The monoisotopic (exact) mass is 329 g/mol. The minimum absolute atomic E-state index is 0.215. The molecule has 1 heterocycles. The molecule has 4 nitrogen and oxygen atoms in total. The van der Waals surface area contributed by atoms with Crippen molar-refractivity contribution < 1.29 is 4.79 Å². The molecule has 0 saturated carbocycles. The molecular formula is C15H12BrN3O. The van der Waals surface area contributed by atoms with Crippen LogP contribution in [0.2, 0.25) is 0 Å². The van der Waals surface area contributed by atoms with Gasteiger partial charge in [0.1, 0.15) is 0 Å². The van der Waals surface area contributed by atoms with Gasteiger partial charge in [-0.3, -0.25) is 9.89 Å². The quantitative estimate of drug-likeness (QED) is 0.749. The van der Waals surface area contributed by atoms with Gasteiger partial charge in [-0.25, -0.2) is 0 Å². The minimum atomic E-state index is -0.215. The van der Waals surface area contributed by atoms with Crippen LogP contribution >= 0.6 is 15.9 Å². The Kier molecular flexibility index (Phi) is 3.28. The number of aromatic nitrogens is 2. The number of fused-ring (bicyclic) bond motifs is 1. The molecule has 0 unspecified atom stereocenters. The molecule has 1 amide bonds. The van der Waals surface area contributed by atoms with Crippen molar-refractivity contribution in [1.82, 2.24) is 10.2 Å². The highest BCUT2D eigenvalue weighted by molar-refractivity contribution is 9.10. The Morgan fingerprint density at radius 3 is 2.85 bits per heavy atom. The Morgan fingerprint density at radius 2 is 2.05 bits per heavy atom. The number of aromatic amines is 1. The third kappa shape index (κ3) is 2.32. The lowest BCUT2D eigenvalue weighted by molar-refractivity contribution is 0.102. The maximum absolute atomic E-state index is 12.3. The fraction of sp³-hybridized carbons (Fsp3) is 0.0667. The number of H-pyrrole nitrogens is 1. The summed E-state index contributed by atoms with van der Waals surface area (Å²) in [6.07, 6.45) is 0. The van der Waals surface area contributed by atoms with Crippen molar-refractivity contribution in [2.45, 2.75) is 6.92 Å². The summed E-state index contributed by atoms with van der Waals surface area (Å²) in [4.78, 5) is 12.3. The lowest BCUT2D eigenvalue weighted by atomic mass is 10.1. The topological polar surface area (TPSA) is 57.8 Å². The molecule has 0 aliphatic rings. The maximum Gasteiger partial charge on any atom is 0.276 e. The van der Waals surface area contributed by atoms with Crippen LogP contribution < -0.4 is 5.32 Å². The SMILES string of the molecule is Cc1cc(Br)ccc1NC(=O)c1n[nH]c2ccccc12. The van der Waals surface area contributed by atoms with Crippen LogP contribution in [0.3, 0.4) is 0 Å². The average Bonchev–Trinajstić information content (AvgIpc) is 2.86. The molecule has 0 fully saturated rings. The maximum atomic E-state index is 12.3. The van der Waals surface area contributed by atoms with Gasteiger partial charge in [0.05, 0.1) is 5.52 Å².